The number of rotatable bonds is 11. The smallest absolute Gasteiger partial charge is 0.335 e. The third-order valence-electron chi connectivity index (χ3n) is 6.37. The number of para-hydroxylation sites is 1. The highest BCUT2D eigenvalue weighted by Gasteiger charge is 2.37. The first-order valence-electron chi connectivity index (χ1n) is 12.1. The monoisotopic (exact) mass is 486 g/mol. The van der Waals surface area contributed by atoms with E-state index in [0.29, 0.717) is 51.3 Å². The zero-order valence-electron chi connectivity index (χ0n) is 20.7. The molecule has 1 heterocycles. The average Bonchev–Trinajstić information content (AvgIpc) is 2.89. The minimum absolute atomic E-state index is 0.137. The van der Waals surface area contributed by atoms with E-state index >= 15 is 0 Å². The van der Waals surface area contributed by atoms with Gasteiger partial charge in [0, 0.05) is 33.3 Å². The van der Waals surface area contributed by atoms with Gasteiger partial charge in [-0.3, -0.25) is 4.79 Å². The van der Waals surface area contributed by atoms with Crippen LogP contribution in [0.5, 0.6) is 5.75 Å². The van der Waals surface area contributed by atoms with Crippen LogP contribution >= 0.6 is 0 Å². The molecule has 8 heteroatoms. The molecule has 0 bridgehead atoms. The summed E-state index contributed by atoms with van der Waals surface area (Å²) in [6, 6.07) is 14.5. The number of methoxy groups -OCH3 is 2. The van der Waals surface area contributed by atoms with E-state index in [1.54, 1.807) is 23.1 Å². The number of aryl methyl sites for hydroxylation is 1. The zero-order valence-corrected chi connectivity index (χ0v) is 20.7. The van der Waals surface area contributed by atoms with Gasteiger partial charge in [-0.15, -0.1) is 0 Å². The molecule has 0 spiro atoms. The lowest BCUT2D eigenvalue weighted by Gasteiger charge is -2.38. The van der Waals surface area contributed by atoms with Crippen LogP contribution in [0.3, 0.4) is 0 Å². The van der Waals surface area contributed by atoms with E-state index < -0.39 is 18.0 Å². The Morgan fingerprint density at radius 3 is 2.29 bits per heavy atom. The molecular weight excluding hydrogens is 451 g/mol. The van der Waals surface area contributed by atoms with Crippen LogP contribution in [0, 0.1) is 11.7 Å². The van der Waals surface area contributed by atoms with Gasteiger partial charge in [-0.1, -0.05) is 24.3 Å². The average molecular weight is 487 g/mol. The van der Waals surface area contributed by atoms with Crippen molar-refractivity contribution in [1.82, 2.24) is 4.90 Å². The van der Waals surface area contributed by atoms with Crippen LogP contribution in [-0.2, 0) is 25.5 Å². The number of benzene rings is 2. The van der Waals surface area contributed by atoms with Gasteiger partial charge in [0.05, 0.1) is 25.3 Å². The molecule has 190 valence electrons. The van der Waals surface area contributed by atoms with Gasteiger partial charge in [0.1, 0.15) is 11.6 Å². The minimum Gasteiger partial charge on any atom is -0.494 e. The quantitative estimate of drug-likeness (QED) is 0.451. The maximum Gasteiger partial charge on any atom is 0.335 e. The van der Waals surface area contributed by atoms with Crippen LogP contribution in [0.25, 0.3) is 0 Å². The van der Waals surface area contributed by atoms with Crippen LogP contribution < -0.4 is 9.64 Å². The summed E-state index contributed by atoms with van der Waals surface area (Å²) in [5.74, 6) is -0.803. The van der Waals surface area contributed by atoms with Crippen molar-refractivity contribution in [2.24, 2.45) is 5.92 Å². The van der Waals surface area contributed by atoms with Crippen LogP contribution in [-0.4, -0.2) is 69.9 Å². The second-order valence-electron chi connectivity index (χ2n) is 8.52. The third kappa shape index (κ3) is 6.94. The van der Waals surface area contributed by atoms with Crippen molar-refractivity contribution >= 4 is 17.6 Å². The molecule has 2 aromatic carbocycles. The van der Waals surface area contributed by atoms with Crippen LogP contribution in [0.15, 0.2) is 48.5 Å². The van der Waals surface area contributed by atoms with E-state index in [1.165, 1.54) is 20.3 Å². The molecule has 0 saturated carbocycles. The zero-order chi connectivity index (χ0) is 25.2. The summed E-state index contributed by atoms with van der Waals surface area (Å²) in [7, 11) is 2.72. The van der Waals surface area contributed by atoms with Gasteiger partial charge in [0.25, 0.3) is 0 Å². The lowest BCUT2D eigenvalue weighted by molar-refractivity contribution is -0.162. The summed E-state index contributed by atoms with van der Waals surface area (Å²) in [6.45, 7) is 4.48. The van der Waals surface area contributed by atoms with E-state index in [1.807, 2.05) is 36.1 Å². The van der Waals surface area contributed by atoms with Crippen molar-refractivity contribution in [3.63, 3.8) is 0 Å². The first kappa shape index (κ1) is 26.5. The molecule has 3 rings (SSSR count). The van der Waals surface area contributed by atoms with Crippen molar-refractivity contribution in [2.75, 3.05) is 51.9 Å². The number of nitrogens with zero attached hydrogens (tertiary/aromatic N) is 2. The number of esters is 1. The van der Waals surface area contributed by atoms with E-state index in [0.717, 1.165) is 17.7 Å². The minimum atomic E-state index is -0.975. The van der Waals surface area contributed by atoms with Crippen LogP contribution in [0.1, 0.15) is 25.3 Å². The molecule has 0 aliphatic carbocycles. The highest BCUT2D eigenvalue weighted by Crippen LogP contribution is 2.24. The Morgan fingerprint density at radius 2 is 1.69 bits per heavy atom. The number of piperazine rings is 1. The summed E-state index contributed by atoms with van der Waals surface area (Å²) < 4.78 is 30.0. The second kappa shape index (κ2) is 13.1. The first-order valence-corrected chi connectivity index (χ1v) is 12.1. The fourth-order valence-electron chi connectivity index (χ4n) is 4.50. The van der Waals surface area contributed by atoms with Crippen LogP contribution in [0.4, 0.5) is 10.1 Å². The summed E-state index contributed by atoms with van der Waals surface area (Å²) in [5, 5.41) is 0. The van der Waals surface area contributed by atoms with Crippen LogP contribution in [0.2, 0.25) is 0 Å². The Morgan fingerprint density at radius 1 is 1.00 bits per heavy atom. The number of hydrogen-bond acceptors (Lipinski definition) is 6. The molecule has 1 amide bonds. The molecule has 35 heavy (non-hydrogen) atoms. The van der Waals surface area contributed by atoms with Crippen molar-refractivity contribution in [3.05, 3.63) is 59.9 Å². The number of ether oxygens (including phenoxy) is 3. The molecule has 2 atom stereocenters. The number of carbonyl (C=O) groups is 2. The molecule has 7 nitrogen and oxygen atoms in total. The molecule has 1 aliphatic heterocycles. The third-order valence-corrected chi connectivity index (χ3v) is 6.37. The van der Waals surface area contributed by atoms with Crippen molar-refractivity contribution in [3.8, 4) is 5.75 Å². The lowest BCUT2D eigenvalue weighted by atomic mass is 9.92. The maximum absolute atomic E-state index is 14.2. The predicted molar refractivity (Wildman–Crippen MR) is 132 cm³/mol. The topological polar surface area (TPSA) is 68.3 Å². The van der Waals surface area contributed by atoms with Gasteiger partial charge in [-0.05, 0) is 56.0 Å². The maximum atomic E-state index is 14.2. The molecular formula is C27H35FN2O5. The fraction of sp³-hybridized carbons (Fsp3) is 0.481. The van der Waals surface area contributed by atoms with E-state index in [4.69, 9.17) is 14.2 Å². The van der Waals surface area contributed by atoms with E-state index in [9.17, 15) is 14.0 Å². The van der Waals surface area contributed by atoms with Crippen molar-refractivity contribution in [2.45, 2.75) is 32.3 Å². The van der Waals surface area contributed by atoms with Gasteiger partial charge < -0.3 is 24.0 Å². The summed E-state index contributed by atoms with van der Waals surface area (Å²) in [4.78, 5) is 29.6. The van der Waals surface area contributed by atoms with Gasteiger partial charge in [0.2, 0.25) is 5.91 Å². The molecule has 1 aliphatic rings. The molecule has 0 N–H and O–H groups in total. The van der Waals surface area contributed by atoms with Gasteiger partial charge in [-0.2, -0.15) is 0 Å². The Kier molecular flexibility index (Phi) is 9.90. The standard InChI is InChI=1S/C27H35FN2O5/c1-4-35-21-14-12-20(13-15-21)8-7-9-22(25(33-2)27(32)34-3)26(31)30-18-16-29(17-19-30)24-11-6-5-10-23(24)28/h5-6,10-15,22,25H,4,7-9,16-19H2,1-3H3/t22-,25+/m1/s1. The summed E-state index contributed by atoms with van der Waals surface area (Å²) >= 11 is 0. The Hall–Kier alpha value is -3.13. The Bertz CT molecular complexity index is 960. The SMILES string of the molecule is CCOc1ccc(CCC[C@@H](C(=O)N2CCN(c3ccccc3F)CC2)[C@H](OC)C(=O)OC)cc1. The first-order chi connectivity index (χ1) is 17.0. The van der Waals surface area contributed by atoms with Gasteiger partial charge in [0.15, 0.2) is 6.10 Å². The normalized spacial score (nSPS) is 15.4. The molecule has 1 saturated heterocycles. The number of halogens is 1. The molecule has 2 aromatic rings. The second-order valence-corrected chi connectivity index (χ2v) is 8.52. The number of amides is 1. The van der Waals surface area contributed by atoms with Crippen molar-refractivity contribution in [1.29, 1.82) is 0 Å². The highest BCUT2D eigenvalue weighted by atomic mass is 19.1. The summed E-state index contributed by atoms with van der Waals surface area (Å²) in [5.41, 5.74) is 1.67. The Labute approximate surface area is 206 Å². The molecule has 1 fully saturated rings. The largest absolute Gasteiger partial charge is 0.494 e. The lowest BCUT2D eigenvalue weighted by Crippen LogP contribution is -2.53. The Balaban J connectivity index is 1.64. The molecule has 0 unspecified atom stereocenters. The number of carbonyl (C=O) groups excluding carboxylic acids is 2. The molecule has 0 aromatic heterocycles. The predicted octanol–water partition coefficient (Wildman–Crippen LogP) is 3.70. The van der Waals surface area contributed by atoms with E-state index in [2.05, 4.69) is 0 Å². The van der Waals surface area contributed by atoms with Gasteiger partial charge >= 0.3 is 5.97 Å². The highest BCUT2D eigenvalue weighted by molar-refractivity contribution is 5.87. The fourth-order valence-corrected chi connectivity index (χ4v) is 4.50. The van der Waals surface area contributed by atoms with E-state index in [-0.39, 0.29) is 11.7 Å². The van der Waals surface area contributed by atoms with Crippen molar-refractivity contribution < 1.29 is 28.2 Å². The van der Waals surface area contributed by atoms with Gasteiger partial charge in [-0.25, -0.2) is 9.18 Å². The summed E-state index contributed by atoms with van der Waals surface area (Å²) in [6.07, 6.45) is 0.968. The molecule has 0 radical (unpaired) electrons. The number of anilines is 1. The number of hydrogen-bond donors (Lipinski definition) is 0.